The number of hydrogen-bond donors (Lipinski definition) is 1. The Bertz CT molecular complexity index is 1100. The standard InChI is InChI=1S/C24H19N3O3/c25-15-17-10-12-19(13-11-17)29-16-24(28)27-26-21-14-23(18-6-2-1-3-7-18)30-22-9-5-4-8-20(21)22/h1-13,23H,14,16H2,(H,27,28)/b26-21-. The van der Waals surface area contributed by atoms with Crippen LogP contribution in [0, 0.1) is 11.3 Å². The van der Waals surface area contributed by atoms with E-state index in [2.05, 4.69) is 10.5 Å². The van der Waals surface area contributed by atoms with Crippen LogP contribution in [-0.4, -0.2) is 18.2 Å². The maximum absolute atomic E-state index is 12.2. The highest BCUT2D eigenvalue weighted by atomic mass is 16.5. The summed E-state index contributed by atoms with van der Waals surface area (Å²) in [6.07, 6.45) is 0.365. The summed E-state index contributed by atoms with van der Waals surface area (Å²) in [5.74, 6) is 0.879. The number of hydrogen-bond acceptors (Lipinski definition) is 5. The number of hydrazone groups is 1. The Morgan fingerprint density at radius 3 is 2.57 bits per heavy atom. The van der Waals surface area contributed by atoms with Crippen LogP contribution in [0.15, 0.2) is 84.0 Å². The molecule has 6 nitrogen and oxygen atoms in total. The molecule has 4 rings (SSSR count). The molecular formula is C24H19N3O3. The fourth-order valence-corrected chi connectivity index (χ4v) is 3.18. The molecular weight excluding hydrogens is 378 g/mol. The lowest BCUT2D eigenvalue weighted by Crippen LogP contribution is -2.28. The smallest absolute Gasteiger partial charge is 0.277 e. The highest BCUT2D eigenvalue weighted by Gasteiger charge is 2.26. The number of carbonyl (C=O) groups is 1. The van der Waals surface area contributed by atoms with Gasteiger partial charge in [0.15, 0.2) is 6.61 Å². The minimum absolute atomic E-state index is 0.174. The normalized spacial score (nSPS) is 16.1. The molecule has 1 N–H and O–H groups in total. The molecule has 0 saturated heterocycles. The van der Waals surface area contributed by atoms with Crippen molar-refractivity contribution >= 4 is 11.6 Å². The molecule has 1 aliphatic heterocycles. The van der Waals surface area contributed by atoms with Gasteiger partial charge in [-0.1, -0.05) is 42.5 Å². The highest BCUT2D eigenvalue weighted by Crippen LogP contribution is 2.34. The van der Waals surface area contributed by atoms with E-state index in [1.807, 2.05) is 60.7 Å². The number of fused-ring (bicyclic) bond motifs is 1. The zero-order valence-corrected chi connectivity index (χ0v) is 16.1. The molecule has 3 aromatic carbocycles. The average Bonchev–Trinajstić information content (AvgIpc) is 2.82. The molecule has 0 aromatic heterocycles. The quantitative estimate of drug-likeness (QED) is 0.660. The summed E-state index contributed by atoms with van der Waals surface area (Å²) in [6.45, 7) is -0.178. The number of amides is 1. The second kappa shape index (κ2) is 8.93. The first-order valence-corrected chi connectivity index (χ1v) is 9.52. The first kappa shape index (κ1) is 19.2. The molecule has 1 aliphatic rings. The number of nitrogens with one attached hydrogen (secondary N) is 1. The molecule has 6 heteroatoms. The summed E-state index contributed by atoms with van der Waals surface area (Å²) in [7, 11) is 0. The number of nitrogens with zero attached hydrogens (tertiary/aromatic N) is 2. The molecule has 1 heterocycles. The predicted octanol–water partition coefficient (Wildman–Crippen LogP) is 3.98. The van der Waals surface area contributed by atoms with Gasteiger partial charge in [0.2, 0.25) is 0 Å². The van der Waals surface area contributed by atoms with Crippen molar-refractivity contribution in [2.45, 2.75) is 12.5 Å². The molecule has 1 atom stereocenters. The van der Waals surface area contributed by atoms with Gasteiger partial charge in [0.25, 0.3) is 5.91 Å². The van der Waals surface area contributed by atoms with Crippen LogP contribution in [0.2, 0.25) is 0 Å². The molecule has 0 aliphatic carbocycles. The lowest BCUT2D eigenvalue weighted by molar-refractivity contribution is -0.123. The van der Waals surface area contributed by atoms with Crippen molar-refractivity contribution in [1.29, 1.82) is 5.26 Å². The largest absolute Gasteiger partial charge is 0.485 e. The lowest BCUT2D eigenvalue weighted by Gasteiger charge is -2.27. The van der Waals surface area contributed by atoms with Gasteiger partial charge in [-0.05, 0) is 42.0 Å². The third-order valence-electron chi connectivity index (χ3n) is 4.69. The van der Waals surface area contributed by atoms with E-state index in [1.165, 1.54) is 0 Å². The van der Waals surface area contributed by atoms with Gasteiger partial charge in [0, 0.05) is 12.0 Å². The van der Waals surface area contributed by atoms with Crippen LogP contribution in [0.25, 0.3) is 0 Å². The molecule has 148 valence electrons. The Hall–Kier alpha value is -4.11. The van der Waals surface area contributed by atoms with Crippen molar-refractivity contribution in [3.63, 3.8) is 0 Å². The minimum Gasteiger partial charge on any atom is -0.485 e. The van der Waals surface area contributed by atoms with Crippen molar-refractivity contribution in [2.75, 3.05) is 6.61 Å². The number of carbonyl (C=O) groups excluding carboxylic acids is 1. The number of benzene rings is 3. The monoisotopic (exact) mass is 397 g/mol. The molecule has 30 heavy (non-hydrogen) atoms. The van der Waals surface area contributed by atoms with Crippen LogP contribution in [-0.2, 0) is 4.79 Å². The van der Waals surface area contributed by atoms with E-state index in [1.54, 1.807) is 24.3 Å². The first-order chi connectivity index (χ1) is 14.7. The third kappa shape index (κ3) is 4.47. The van der Waals surface area contributed by atoms with Crippen LogP contribution in [0.1, 0.15) is 29.2 Å². The van der Waals surface area contributed by atoms with Crippen molar-refractivity contribution < 1.29 is 14.3 Å². The number of para-hydroxylation sites is 1. The second-order valence-electron chi connectivity index (χ2n) is 6.74. The molecule has 1 amide bonds. The minimum atomic E-state index is -0.368. The van der Waals surface area contributed by atoms with Crippen molar-refractivity contribution in [3.8, 4) is 17.6 Å². The fraction of sp³-hybridized carbons (Fsp3) is 0.125. The molecule has 0 radical (unpaired) electrons. The number of nitriles is 1. The Morgan fingerprint density at radius 1 is 1.07 bits per heavy atom. The van der Waals surface area contributed by atoms with Gasteiger partial charge in [0.1, 0.15) is 17.6 Å². The zero-order chi connectivity index (χ0) is 20.8. The summed E-state index contributed by atoms with van der Waals surface area (Å²) >= 11 is 0. The van der Waals surface area contributed by atoms with Gasteiger partial charge >= 0.3 is 0 Å². The Morgan fingerprint density at radius 2 is 1.80 bits per heavy atom. The zero-order valence-electron chi connectivity index (χ0n) is 16.1. The van der Waals surface area contributed by atoms with E-state index >= 15 is 0 Å². The van der Waals surface area contributed by atoms with Crippen molar-refractivity contribution in [1.82, 2.24) is 5.43 Å². The summed E-state index contributed by atoms with van der Waals surface area (Å²) in [5, 5.41) is 13.2. The Kier molecular flexibility index (Phi) is 5.72. The van der Waals surface area contributed by atoms with Crippen LogP contribution in [0.4, 0.5) is 0 Å². The summed E-state index contributed by atoms with van der Waals surface area (Å²) in [4.78, 5) is 12.2. The van der Waals surface area contributed by atoms with Crippen LogP contribution in [0.3, 0.4) is 0 Å². The molecule has 0 fully saturated rings. The Labute approximate surface area is 174 Å². The maximum Gasteiger partial charge on any atom is 0.277 e. The highest BCUT2D eigenvalue weighted by molar-refractivity contribution is 6.04. The number of ether oxygens (including phenoxy) is 2. The van der Waals surface area contributed by atoms with E-state index in [0.717, 1.165) is 22.6 Å². The predicted molar refractivity (Wildman–Crippen MR) is 112 cm³/mol. The summed E-state index contributed by atoms with van der Waals surface area (Å²) in [5.41, 5.74) is 5.76. The van der Waals surface area contributed by atoms with Crippen molar-refractivity contribution in [2.24, 2.45) is 5.10 Å². The molecule has 0 spiro atoms. The van der Waals surface area contributed by atoms with E-state index in [4.69, 9.17) is 14.7 Å². The van der Waals surface area contributed by atoms with E-state index in [9.17, 15) is 4.79 Å². The third-order valence-corrected chi connectivity index (χ3v) is 4.69. The molecule has 1 unspecified atom stereocenters. The second-order valence-corrected chi connectivity index (χ2v) is 6.74. The van der Waals surface area contributed by atoms with Crippen LogP contribution < -0.4 is 14.9 Å². The molecule has 0 saturated carbocycles. The SMILES string of the molecule is N#Cc1ccc(OCC(=O)N/N=C2/CC(c3ccccc3)Oc3ccccc32)cc1. The summed E-state index contributed by atoms with van der Waals surface area (Å²) in [6, 6.07) is 26.2. The summed E-state index contributed by atoms with van der Waals surface area (Å²) < 4.78 is 11.6. The molecule has 3 aromatic rings. The molecule has 0 bridgehead atoms. The fourth-order valence-electron chi connectivity index (χ4n) is 3.18. The van der Waals surface area contributed by atoms with Gasteiger partial charge in [-0.25, -0.2) is 5.43 Å². The van der Waals surface area contributed by atoms with Crippen LogP contribution in [0.5, 0.6) is 11.5 Å². The van der Waals surface area contributed by atoms with Gasteiger partial charge in [-0.2, -0.15) is 10.4 Å². The first-order valence-electron chi connectivity index (χ1n) is 9.52. The average molecular weight is 397 g/mol. The van der Waals surface area contributed by atoms with Crippen molar-refractivity contribution in [3.05, 3.63) is 95.6 Å². The van der Waals surface area contributed by atoms with Gasteiger partial charge in [-0.3, -0.25) is 4.79 Å². The van der Waals surface area contributed by atoms with Gasteiger partial charge < -0.3 is 9.47 Å². The maximum atomic E-state index is 12.2. The van der Waals surface area contributed by atoms with E-state index < -0.39 is 0 Å². The Balaban J connectivity index is 1.44. The van der Waals surface area contributed by atoms with Crippen LogP contribution >= 0.6 is 0 Å². The lowest BCUT2D eigenvalue weighted by atomic mass is 9.96. The topological polar surface area (TPSA) is 83.7 Å². The van der Waals surface area contributed by atoms with Gasteiger partial charge in [-0.15, -0.1) is 0 Å². The number of rotatable bonds is 5. The van der Waals surface area contributed by atoms with E-state index in [0.29, 0.717) is 17.7 Å². The van der Waals surface area contributed by atoms with Gasteiger partial charge in [0.05, 0.1) is 17.3 Å². The van der Waals surface area contributed by atoms with E-state index in [-0.39, 0.29) is 18.6 Å².